The summed E-state index contributed by atoms with van der Waals surface area (Å²) in [4.78, 5) is 27.2. The van der Waals surface area contributed by atoms with Gasteiger partial charge in [0.2, 0.25) is 5.91 Å². The monoisotopic (exact) mass is 471 g/mol. The molecule has 2 aliphatic rings. The van der Waals surface area contributed by atoms with Crippen LogP contribution < -0.4 is 16.8 Å². The predicted molar refractivity (Wildman–Crippen MR) is 138 cm³/mol. The number of aromatic nitrogens is 4. The molecule has 4 heterocycles. The molecule has 0 bridgehead atoms. The third kappa shape index (κ3) is 4.01. The molecule has 1 saturated carbocycles. The maximum absolute atomic E-state index is 12.5. The van der Waals surface area contributed by atoms with Crippen LogP contribution in [0.4, 0.5) is 17.3 Å². The van der Waals surface area contributed by atoms with E-state index >= 15 is 0 Å². The summed E-state index contributed by atoms with van der Waals surface area (Å²) >= 11 is 0. The predicted octanol–water partition coefficient (Wildman–Crippen LogP) is 2.74. The van der Waals surface area contributed by atoms with Gasteiger partial charge in [-0.3, -0.25) is 14.5 Å². The average Bonchev–Trinajstić information content (AvgIpc) is 3.50. The molecule has 180 valence electrons. The van der Waals surface area contributed by atoms with E-state index in [-0.39, 0.29) is 17.9 Å². The zero-order valence-electron chi connectivity index (χ0n) is 20.2. The van der Waals surface area contributed by atoms with Gasteiger partial charge in [-0.05, 0) is 62.2 Å². The Hall–Kier alpha value is -4.21. The minimum atomic E-state index is -0.00616. The lowest BCUT2D eigenvalue weighted by Gasteiger charge is -2.18. The molecule has 35 heavy (non-hydrogen) atoms. The number of carbonyl (C=O) groups excluding carboxylic acids is 1. The Morgan fingerprint density at radius 2 is 2.00 bits per heavy atom. The maximum atomic E-state index is 12.5. The topological polar surface area (TPSA) is 140 Å². The van der Waals surface area contributed by atoms with E-state index < -0.39 is 0 Å². The summed E-state index contributed by atoms with van der Waals surface area (Å²) in [5.74, 6) is 1.60. The Morgan fingerprint density at radius 1 is 1.23 bits per heavy atom. The Morgan fingerprint density at radius 3 is 2.71 bits per heavy atom. The molecule has 10 heteroatoms. The number of nitrogens with zero attached hydrogens (tertiary/aromatic N) is 6. The molecule has 1 aliphatic carbocycles. The highest BCUT2D eigenvalue weighted by Crippen LogP contribution is 2.50. The van der Waals surface area contributed by atoms with Crippen LogP contribution >= 0.6 is 0 Å². The summed E-state index contributed by atoms with van der Waals surface area (Å²) in [6.45, 7) is 8.50. The lowest BCUT2D eigenvalue weighted by atomic mass is 10.0. The van der Waals surface area contributed by atoms with Gasteiger partial charge in [0.15, 0.2) is 5.82 Å². The van der Waals surface area contributed by atoms with Crippen molar-refractivity contribution in [2.75, 3.05) is 30.4 Å². The lowest BCUT2D eigenvalue weighted by molar-refractivity contribution is -0.130. The van der Waals surface area contributed by atoms with E-state index in [0.29, 0.717) is 28.8 Å². The zero-order valence-corrected chi connectivity index (χ0v) is 20.2. The van der Waals surface area contributed by atoms with Crippen molar-refractivity contribution >= 4 is 36.0 Å². The van der Waals surface area contributed by atoms with Crippen molar-refractivity contribution < 1.29 is 4.79 Å². The molecular formula is C25H29N9O. The van der Waals surface area contributed by atoms with Crippen LogP contribution in [0.2, 0.25) is 0 Å². The largest absolute Gasteiger partial charge is 0.397 e. The first-order valence-corrected chi connectivity index (χ1v) is 11.5. The molecule has 0 atom stereocenters. The molecule has 3 aromatic heterocycles. The first-order valence-electron chi connectivity index (χ1n) is 11.5. The molecule has 10 nitrogen and oxygen atoms in total. The van der Waals surface area contributed by atoms with Gasteiger partial charge >= 0.3 is 0 Å². The highest BCUT2D eigenvalue weighted by Gasteiger charge is 2.50. The van der Waals surface area contributed by atoms with Crippen LogP contribution in [-0.2, 0) is 16.8 Å². The summed E-state index contributed by atoms with van der Waals surface area (Å²) in [5, 5.41) is 7.91. The zero-order chi connectivity index (χ0) is 24.9. The second-order valence-corrected chi connectivity index (χ2v) is 9.42. The minimum Gasteiger partial charge on any atom is -0.397 e. The molecule has 5 N–H and O–H groups in total. The lowest BCUT2D eigenvalue weighted by Crippen LogP contribution is -2.32. The number of fused-ring (bicyclic) bond motifs is 2. The fourth-order valence-electron chi connectivity index (χ4n) is 4.60. The van der Waals surface area contributed by atoms with Crippen LogP contribution in [0.5, 0.6) is 0 Å². The van der Waals surface area contributed by atoms with E-state index in [0.717, 1.165) is 47.3 Å². The van der Waals surface area contributed by atoms with Crippen molar-refractivity contribution in [3.63, 3.8) is 0 Å². The second kappa shape index (κ2) is 8.23. The Kier molecular flexibility index (Phi) is 5.31. The number of anilines is 3. The molecule has 0 radical (unpaired) electrons. The molecule has 5 rings (SSSR count). The molecule has 1 fully saturated rings. The van der Waals surface area contributed by atoms with Crippen molar-refractivity contribution in [3.8, 4) is 11.3 Å². The van der Waals surface area contributed by atoms with E-state index in [1.54, 1.807) is 17.3 Å². The summed E-state index contributed by atoms with van der Waals surface area (Å²) in [6, 6.07) is 3.94. The Labute approximate surface area is 203 Å². The number of pyridine rings is 2. The molecule has 1 amide bonds. The first-order chi connectivity index (χ1) is 16.7. The maximum Gasteiger partial charge on any atom is 0.244 e. The fourth-order valence-corrected chi connectivity index (χ4v) is 4.60. The summed E-state index contributed by atoms with van der Waals surface area (Å²) < 4.78 is 1.81. The van der Waals surface area contributed by atoms with Crippen LogP contribution in [0.1, 0.15) is 35.2 Å². The number of nitrogen functional groups attached to an aromatic ring is 2. The average molecular weight is 472 g/mol. The van der Waals surface area contributed by atoms with Gasteiger partial charge in [-0.15, -0.1) is 0 Å². The summed E-state index contributed by atoms with van der Waals surface area (Å²) in [7, 11) is 1.86. The number of aliphatic imine (C=N–C) groups is 1. The third-order valence-electron chi connectivity index (χ3n) is 7.03. The number of nitrogens with one attached hydrogen (secondary N) is 1. The molecule has 1 spiro atoms. The van der Waals surface area contributed by atoms with Crippen molar-refractivity contribution in [1.82, 2.24) is 24.6 Å². The number of likely N-dealkylation sites (N-methyl/N-ethyl adjacent to an activating group) is 1. The van der Waals surface area contributed by atoms with E-state index in [1.807, 2.05) is 43.8 Å². The number of carbonyl (C=O) groups is 1. The van der Waals surface area contributed by atoms with E-state index in [4.69, 9.17) is 11.5 Å². The number of hydrogen-bond acceptors (Lipinski definition) is 8. The molecule has 1 aliphatic heterocycles. The summed E-state index contributed by atoms with van der Waals surface area (Å²) in [5.41, 5.74) is 18.0. The van der Waals surface area contributed by atoms with Crippen LogP contribution in [0.25, 0.3) is 17.3 Å². The van der Waals surface area contributed by atoms with Gasteiger partial charge in [-0.1, -0.05) is 0 Å². The number of amides is 1. The van der Waals surface area contributed by atoms with Gasteiger partial charge < -0.3 is 21.7 Å². The number of rotatable bonds is 5. The highest BCUT2D eigenvalue weighted by molar-refractivity contribution is 5.77. The first kappa shape index (κ1) is 22.6. The normalized spacial score (nSPS) is 16.7. The SMILES string of the molecule is C=N/C(=C\c1cc(-c2cncc(N)c2C)nc(N)c1C)Nc1cc2n(n1)CC(=O)N(C)CC21CC1. The molecular weight excluding hydrogens is 442 g/mol. The van der Waals surface area contributed by atoms with Crippen LogP contribution in [-0.4, -0.2) is 50.9 Å². The van der Waals surface area contributed by atoms with E-state index in [9.17, 15) is 4.79 Å². The van der Waals surface area contributed by atoms with Crippen molar-refractivity contribution in [2.45, 2.75) is 38.6 Å². The third-order valence-corrected chi connectivity index (χ3v) is 7.03. The van der Waals surface area contributed by atoms with Gasteiger partial charge in [0.05, 0.1) is 17.6 Å². The molecule has 0 saturated heterocycles. The molecule has 0 aromatic carbocycles. The molecule has 3 aromatic rings. The van der Waals surface area contributed by atoms with Gasteiger partial charge in [-0.2, -0.15) is 5.10 Å². The van der Waals surface area contributed by atoms with Crippen LogP contribution in [0.15, 0.2) is 35.3 Å². The van der Waals surface area contributed by atoms with Crippen molar-refractivity contribution in [3.05, 3.63) is 52.7 Å². The molecule has 0 unspecified atom stereocenters. The van der Waals surface area contributed by atoms with E-state index in [2.05, 4.69) is 32.1 Å². The van der Waals surface area contributed by atoms with Gasteiger partial charge in [0, 0.05) is 42.5 Å². The fraction of sp³-hybridized carbons (Fsp3) is 0.320. The smallest absolute Gasteiger partial charge is 0.244 e. The second-order valence-electron chi connectivity index (χ2n) is 9.42. The van der Waals surface area contributed by atoms with Gasteiger partial charge in [0.25, 0.3) is 0 Å². The van der Waals surface area contributed by atoms with Gasteiger partial charge in [-0.25, -0.2) is 9.98 Å². The minimum absolute atomic E-state index is 0.00616. The Bertz CT molecular complexity index is 1380. The van der Waals surface area contributed by atoms with Crippen LogP contribution in [0, 0.1) is 13.8 Å². The highest BCUT2D eigenvalue weighted by atomic mass is 16.2. The van der Waals surface area contributed by atoms with Crippen molar-refractivity contribution in [2.24, 2.45) is 4.99 Å². The number of hydrogen-bond donors (Lipinski definition) is 3. The van der Waals surface area contributed by atoms with Gasteiger partial charge in [0.1, 0.15) is 18.2 Å². The standard InChI is InChI=1S/C25H29N9O/c1-14-16(7-19(30-24(14)27)17-10-29-11-18(26)15(17)2)8-21(28-3)31-22-9-20-25(5-6-25)13-33(4)23(35)12-34(20)32-22/h7-11H,3,5-6,12-13,26H2,1-2,4H3,(H2,27,30)(H,31,32)/b21-8+. The van der Waals surface area contributed by atoms with Crippen LogP contribution in [0.3, 0.4) is 0 Å². The Balaban J connectivity index is 1.49. The quantitative estimate of drug-likeness (QED) is 0.486. The van der Waals surface area contributed by atoms with E-state index in [1.165, 1.54) is 0 Å². The number of nitrogens with two attached hydrogens (primary N) is 2. The summed E-state index contributed by atoms with van der Waals surface area (Å²) in [6.07, 6.45) is 7.30. The van der Waals surface area contributed by atoms with Crippen molar-refractivity contribution in [1.29, 1.82) is 0 Å².